The Morgan fingerprint density at radius 2 is 1.68 bits per heavy atom. The first-order chi connectivity index (χ1) is 18.6. The SMILES string of the molecule is CC(C(=O)Nc1cc(C2CC2)n(C(=O)OC(C)(C)C)n1)n1ccc(C2=CCCN(C(=O)OC(C)(C)C)C2)cc1=O. The maximum absolute atomic E-state index is 13.1. The summed E-state index contributed by atoms with van der Waals surface area (Å²) < 4.78 is 13.5. The molecule has 0 spiro atoms. The first-order valence-corrected chi connectivity index (χ1v) is 13.6. The summed E-state index contributed by atoms with van der Waals surface area (Å²) in [5.41, 5.74) is 0.596. The minimum atomic E-state index is -0.837. The highest BCUT2D eigenvalue weighted by molar-refractivity contribution is 5.93. The highest BCUT2D eigenvalue weighted by Gasteiger charge is 2.32. The van der Waals surface area contributed by atoms with E-state index in [1.807, 2.05) is 26.8 Å². The number of hydrogen-bond acceptors (Lipinski definition) is 7. The molecular formula is C29H39N5O6. The maximum Gasteiger partial charge on any atom is 0.435 e. The Balaban J connectivity index is 1.45. The van der Waals surface area contributed by atoms with E-state index in [4.69, 9.17) is 9.47 Å². The Kier molecular flexibility index (Phi) is 7.96. The Labute approximate surface area is 234 Å². The Hall–Kier alpha value is -3.89. The van der Waals surface area contributed by atoms with Crippen molar-refractivity contribution in [1.82, 2.24) is 19.2 Å². The summed E-state index contributed by atoms with van der Waals surface area (Å²) in [6.07, 6.45) is 5.11. The van der Waals surface area contributed by atoms with Crippen LogP contribution in [0.1, 0.15) is 90.9 Å². The third-order valence-corrected chi connectivity index (χ3v) is 6.47. The van der Waals surface area contributed by atoms with E-state index in [9.17, 15) is 19.2 Å². The van der Waals surface area contributed by atoms with Crippen LogP contribution in [-0.2, 0) is 14.3 Å². The molecule has 2 aromatic rings. The third-order valence-electron chi connectivity index (χ3n) is 6.47. The van der Waals surface area contributed by atoms with Crippen LogP contribution >= 0.6 is 0 Å². The van der Waals surface area contributed by atoms with Crippen LogP contribution in [-0.4, -0.2) is 61.6 Å². The Morgan fingerprint density at radius 3 is 2.27 bits per heavy atom. The predicted octanol–water partition coefficient (Wildman–Crippen LogP) is 4.93. The molecule has 1 aliphatic heterocycles. The first kappa shape index (κ1) is 29.1. The number of aromatic nitrogens is 3. The zero-order valence-corrected chi connectivity index (χ0v) is 24.3. The lowest BCUT2D eigenvalue weighted by atomic mass is 10.0. The third kappa shape index (κ3) is 7.19. The second kappa shape index (κ2) is 10.9. The van der Waals surface area contributed by atoms with Crippen molar-refractivity contribution in [3.63, 3.8) is 0 Å². The number of pyridine rings is 1. The summed E-state index contributed by atoms with van der Waals surface area (Å²) in [5, 5.41) is 7.02. The van der Waals surface area contributed by atoms with E-state index < -0.39 is 35.3 Å². The van der Waals surface area contributed by atoms with Crippen LogP contribution in [0.25, 0.3) is 5.57 Å². The zero-order valence-electron chi connectivity index (χ0n) is 24.3. The number of amides is 2. The molecule has 1 fully saturated rings. The standard InChI is InChI=1S/C29H39N5O6/c1-18(25(36)30-23-16-22(19-10-11-19)34(31-23)27(38)40-29(5,6)7)33-14-12-20(15-24(33)35)21-9-8-13-32(17-21)26(37)39-28(2,3)4/h9,12,14-16,18-19H,8,10-11,13,17H2,1-7H3,(H,30,31,36). The minimum absolute atomic E-state index is 0.193. The molecule has 40 heavy (non-hydrogen) atoms. The van der Waals surface area contributed by atoms with Crippen LogP contribution in [0.15, 0.2) is 35.3 Å². The molecule has 216 valence electrons. The van der Waals surface area contributed by atoms with Crippen molar-refractivity contribution < 1.29 is 23.9 Å². The quantitative estimate of drug-likeness (QED) is 0.557. The van der Waals surface area contributed by atoms with Crippen LogP contribution in [0.4, 0.5) is 15.4 Å². The van der Waals surface area contributed by atoms with Crippen molar-refractivity contribution in [3.05, 3.63) is 52.1 Å². The van der Waals surface area contributed by atoms with E-state index in [0.29, 0.717) is 30.8 Å². The van der Waals surface area contributed by atoms with Crippen molar-refractivity contribution in [1.29, 1.82) is 0 Å². The van der Waals surface area contributed by atoms with Crippen LogP contribution < -0.4 is 10.9 Å². The first-order valence-electron chi connectivity index (χ1n) is 13.6. The van der Waals surface area contributed by atoms with Gasteiger partial charge in [0.1, 0.15) is 17.2 Å². The van der Waals surface area contributed by atoms with E-state index in [-0.39, 0.29) is 17.3 Å². The number of carbonyl (C=O) groups is 3. The van der Waals surface area contributed by atoms with Crippen molar-refractivity contribution >= 4 is 29.5 Å². The number of nitrogens with zero attached hydrogens (tertiary/aromatic N) is 4. The van der Waals surface area contributed by atoms with Gasteiger partial charge in [-0.25, -0.2) is 9.59 Å². The van der Waals surface area contributed by atoms with Gasteiger partial charge in [0.25, 0.3) is 5.56 Å². The predicted molar refractivity (Wildman–Crippen MR) is 150 cm³/mol. The maximum atomic E-state index is 13.1. The van der Waals surface area contributed by atoms with Crippen molar-refractivity contribution in [2.24, 2.45) is 0 Å². The average Bonchev–Trinajstić information content (AvgIpc) is 3.61. The molecule has 1 N–H and O–H groups in total. The smallest absolute Gasteiger partial charge is 0.435 e. The van der Waals surface area contributed by atoms with Gasteiger partial charge < -0.3 is 24.3 Å². The number of ether oxygens (including phenoxy) is 2. The van der Waals surface area contributed by atoms with Crippen molar-refractivity contribution in [2.45, 2.75) is 90.9 Å². The van der Waals surface area contributed by atoms with Gasteiger partial charge in [0.2, 0.25) is 5.91 Å². The number of rotatable bonds is 5. The van der Waals surface area contributed by atoms with E-state index in [1.54, 1.807) is 50.9 Å². The minimum Gasteiger partial charge on any atom is -0.444 e. The second-order valence-corrected chi connectivity index (χ2v) is 12.4. The molecule has 2 aromatic heterocycles. The molecule has 0 bridgehead atoms. The van der Waals surface area contributed by atoms with E-state index in [0.717, 1.165) is 18.4 Å². The molecule has 1 saturated carbocycles. The molecule has 2 amide bonds. The molecule has 2 aliphatic rings. The lowest BCUT2D eigenvalue weighted by Crippen LogP contribution is -2.39. The zero-order chi connectivity index (χ0) is 29.4. The molecule has 1 atom stereocenters. The number of anilines is 1. The van der Waals surface area contributed by atoms with Gasteiger partial charge in [-0.1, -0.05) is 6.08 Å². The lowest BCUT2D eigenvalue weighted by Gasteiger charge is -2.30. The molecule has 1 unspecified atom stereocenters. The van der Waals surface area contributed by atoms with Gasteiger partial charge in [-0.05, 0) is 84.9 Å². The Morgan fingerprint density at radius 1 is 1.02 bits per heavy atom. The van der Waals surface area contributed by atoms with E-state index in [1.165, 1.54) is 15.3 Å². The van der Waals surface area contributed by atoms with Gasteiger partial charge in [-0.15, -0.1) is 5.10 Å². The van der Waals surface area contributed by atoms with Gasteiger partial charge in [-0.2, -0.15) is 4.68 Å². The lowest BCUT2D eigenvalue weighted by molar-refractivity contribution is -0.118. The summed E-state index contributed by atoms with van der Waals surface area (Å²) in [6.45, 7) is 13.3. The number of hydrogen-bond donors (Lipinski definition) is 1. The number of carbonyl (C=O) groups excluding carboxylic acids is 3. The topological polar surface area (TPSA) is 125 Å². The van der Waals surface area contributed by atoms with Crippen molar-refractivity contribution in [3.8, 4) is 0 Å². The normalized spacial score (nSPS) is 16.7. The molecule has 0 radical (unpaired) electrons. The fourth-order valence-electron chi connectivity index (χ4n) is 4.38. The molecule has 1 aliphatic carbocycles. The molecule has 11 heteroatoms. The largest absolute Gasteiger partial charge is 0.444 e. The molecule has 4 rings (SSSR count). The fraction of sp³-hybridized carbons (Fsp3) is 0.552. The van der Waals surface area contributed by atoms with Crippen LogP contribution in [0, 0.1) is 0 Å². The van der Waals surface area contributed by atoms with Gasteiger partial charge in [0, 0.05) is 37.3 Å². The van der Waals surface area contributed by atoms with Gasteiger partial charge >= 0.3 is 12.2 Å². The van der Waals surface area contributed by atoms with E-state index >= 15 is 0 Å². The van der Waals surface area contributed by atoms with E-state index in [2.05, 4.69) is 10.4 Å². The summed E-state index contributed by atoms with van der Waals surface area (Å²) in [6, 6.07) is 4.08. The number of nitrogens with one attached hydrogen (secondary N) is 1. The van der Waals surface area contributed by atoms with Gasteiger partial charge in [0.05, 0.1) is 5.69 Å². The molecular weight excluding hydrogens is 514 g/mol. The molecule has 0 saturated heterocycles. The monoisotopic (exact) mass is 553 g/mol. The summed E-state index contributed by atoms with van der Waals surface area (Å²) >= 11 is 0. The van der Waals surface area contributed by atoms with Crippen molar-refractivity contribution in [2.75, 3.05) is 18.4 Å². The fourth-order valence-corrected chi connectivity index (χ4v) is 4.38. The average molecular weight is 554 g/mol. The second-order valence-electron chi connectivity index (χ2n) is 12.4. The summed E-state index contributed by atoms with van der Waals surface area (Å²) in [5.74, 6) is -0.0264. The Bertz CT molecular complexity index is 1390. The van der Waals surface area contributed by atoms with Crippen LogP contribution in [0.3, 0.4) is 0 Å². The highest BCUT2D eigenvalue weighted by Crippen LogP contribution is 2.41. The molecule has 3 heterocycles. The summed E-state index contributed by atoms with van der Waals surface area (Å²) in [4.78, 5) is 52.9. The van der Waals surface area contributed by atoms with Crippen LogP contribution in [0.2, 0.25) is 0 Å². The van der Waals surface area contributed by atoms with Gasteiger partial charge in [-0.3, -0.25) is 9.59 Å². The molecule has 11 nitrogen and oxygen atoms in total. The highest BCUT2D eigenvalue weighted by atomic mass is 16.6. The van der Waals surface area contributed by atoms with Gasteiger partial charge in [0.15, 0.2) is 5.82 Å². The molecule has 0 aromatic carbocycles. The summed E-state index contributed by atoms with van der Waals surface area (Å²) in [7, 11) is 0. The van der Waals surface area contributed by atoms with Crippen LogP contribution in [0.5, 0.6) is 0 Å².